The standard InChI is InChI=1S/C6H9N3O2S/c10-12(11,4-5-1-2-5)6-3-7-9-8-6/h3,5H,1-2,4H2,(H,7,8,9). The van der Waals surface area contributed by atoms with Gasteiger partial charge in [0.25, 0.3) is 0 Å². The van der Waals surface area contributed by atoms with Crippen molar-refractivity contribution < 1.29 is 8.42 Å². The van der Waals surface area contributed by atoms with Crippen LogP contribution in [0.4, 0.5) is 0 Å². The summed E-state index contributed by atoms with van der Waals surface area (Å²) in [7, 11) is -3.16. The molecular weight excluding hydrogens is 178 g/mol. The summed E-state index contributed by atoms with van der Waals surface area (Å²) in [5, 5.41) is 9.36. The molecule has 1 saturated carbocycles. The first kappa shape index (κ1) is 7.72. The molecule has 1 aliphatic rings. The van der Waals surface area contributed by atoms with Crippen LogP contribution in [0.5, 0.6) is 0 Å². The van der Waals surface area contributed by atoms with Gasteiger partial charge in [-0.25, -0.2) is 8.42 Å². The van der Waals surface area contributed by atoms with E-state index >= 15 is 0 Å². The number of aromatic amines is 1. The maximum absolute atomic E-state index is 11.4. The summed E-state index contributed by atoms with van der Waals surface area (Å²) < 4.78 is 22.8. The van der Waals surface area contributed by atoms with Crippen LogP contribution >= 0.6 is 0 Å². The van der Waals surface area contributed by atoms with E-state index in [2.05, 4.69) is 15.4 Å². The van der Waals surface area contributed by atoms with Crippen molar-refractivity contribution in [3.63, 3.8) is 0 Å². The van der Waals surface area contributed by atoms with Gasteiger partial charge in [-0.05, 0) is 18.8 Å². The summed E-state index contributed by atoms with van der Waals surface area (Å²) in [6.45, 7) is 0. The number of aromatic nitrogens is 3. The van der Waals surface area contributed by atoms with Crippen molar-refractivity contribution in [2.75, 3.05) is 5.75 Å². The van der Waals surface area contributed by atoms with Gasteiger partial charge in [0.1, 0.15) is 0 Å². The highest BCUT2D eigenvalue weighted by molar-refractivity contribution is 7.91. The van der Waals surface area contributed by atoms with Gasteiger partial charge >= 0.3 is 0 Å². The molecule has 0 aliphatic heterocycles. The molecule has 1 aromatic rings. The zero-order valence-electron chi connectivity index (χ0n) is 6.40. The predicted octanol–water partition coefficient (Wildman–Crippen LogP) is -0.0116. The lowest BCUT2D eigenvalue weighted by Crippen LogP contribution is -2.08. The Kier molecular flexibility index (Phi) is 1.64. The Morgan fingerprint density at radius 3 is 2.83 bits per heavy atom. The van der Waals surface area contributed by atoms with Gasteiger partial charge in [0.15, 0.2) is 14.9 Å². The van der Waals surface area contributed by atoms with Gasteiger partial charge in [-0.15, -0.1) is 5.10 Å². The molecular formula is C6H9N3O2S. The second-order valence-corrected chi connectivity index (χ2v) is 5.01. The predicted molar refractivity (Wildman–Crippen MR) is 41.2 cm³/mol. The van der Waals surface area contributed by atoms with Crippen LogP contribution in [-0.2, 0) is 9.84 Å². The van der Waals surface area contributed by atoms with Crippen LogP contribution in [0.25, 0.3) is 0 Å². The third-order valence-corrected chi connectivity index (χ3v) is 3.61. The SMILES string of the molecule is O=S(=O)(CC1CC1)c1cn[nH]n1. The molecule has 1 N–H and O–H groups in total. The molecule has 5 nitrogen and oxygen atoms in total. The molecule has 0 radical (unpaired) electrons. The van der Waals surface area contributed by atoms with Crippen LogP contribution in [0.15, 0.2) is 11.2 Å². The van der Waals surface area contributed by atoms with Gasteiger partial charge in [-0.1, -0.05) is 0 Å². The van der Waals surface area contributed by atoms with Crippen molar-refractivity contribution in [2.24, 2.45) is 5.92 Å². The molecule has 2 rings (SSSR count). The molecule has 6 heteroatoms. The van der Waals surface area contributed by atoms with Crippen molar-refractivity contribution in [2.45, 2.75) is 17.9 Å². The first-order valence-corrected chi connectivity index (χ1v) is 5.42. The molecule has 0 saturated heterocycles. The van der Waals surface area contributed by atoms with Crippen molar-refractivity contribution in [3.8, 4) is 0 Å². The first-order valence-electron chi connectivity index (χ1n) is 3.77. The molecule has 1 fully saturated rings. The topological polar surface area (TPSA) is 75.7 Å². The van der Waals surface area contributed by atoms with Crippen LogP contribution in [0, 0.1) is 5.92 Å². The Morgan fingerprint density at radius 2 is 2.33 bits per heavy atom. The fourth-order valence-corrected chi connectivity index (χ4v) is 2.54. The Balaban J connectivity index is 2.20. The summed E-state index contributed by atoms with van der Waals surface area (Å²) in [6, 6.07) is 0. The van der Waals surface area contributed by atoms with Crippen molar-refractivity contribution >= 4 is 9.84 Å². The molecule has 0 atom stereocenters. The molecule has 66 valence electrons. The summed E-state index contributed by atoms with van der Waals surface area (Å²) in [5.41, 5.74) is 0. The zero-order valence-corrected chi connectivity index (χ0v) is 7.21. The monoisotopic (exact) mass is 187 g/mol. The largest absolute Gasteiger partial charge is 0.222 e. The van der Waals surface area contributed by atoms with E-state index < -0.39 is 9.84 Å². The van der Waals surface area contributed by atoms with Gasteiger partial charge in [0.2, 0.25) is 0 Å². The number of hydrogen-bond acceptors (Lipinski definition) is 4. The summed E-state index contributed by atoms with van der Waals surface area (Å²) >= 11 is 0. The van der Waals surface area contributed by atoms with Crippen molar-refractivity contribution in [1.29, 1.82) is 0 Å². The molecule has 0 bridgehead atoms. The van der Waals surface area contributed by atoms with Crippen LogP contribution in [0.2, 0.25) is 0 Å². The van der Waals surface area contributed by atoms with Gasteiger partial charge in [0, 0.05) is 0 Å². The maximum Gasteiger partial charge on any atom is 0.199 e. The maximum atomic E-state index is 11.4. The highest BCUT2D eigenvalue weighted by atomic mass is 32.2. The lowest BCUT2D eigenvalue weighted by atomic mass is 10.5. The van der Waals surface area contributed by atoms with E-state index in [0.717, 1.165) is 12.8 Å². The Labute approximate surface area is 70.1 Å². The fourth-order valence-electron chi connectivity index (χ4n) is 1.02. The van der Waals surface area contributed by atoms with Crippen LogP contribution in [0.1, 0.15) is 12.8 Å². The minimum atomic E-state index is -3.16. The van der Waals surface area contributed by atoms with Crippen molar-refractivity contribution in [1.82, 2.24) is 15.4 Å². The Morgan fingerprint density at radius 1 is 1.58 bits per heavy atom. The van der Waals surface area contributed by atoms with Gasteiger partial charge in [-0.2, -0.15) is 10.3 Å². The highest BCUT2D eigenvalue weighted by Crippen LogP contribution is 2.31. The van der Waals surface area contributed by atoms with Gasteiger partial charge in [-0.3, -0.25) is 0 Å². The van der Waals surface area contributed by atoms with Crippen LogP contribution < -0.4 is 0 Å². The lowest BCUT2D eigenvalue weighted by molar-refractivity contribution is 0.588. The number of hydrogen-bond donors (Lipinski definition) is 1. The summed E-state index contributed by atoms with van der Waals surface area (Å²) in [6.07, 6.45) is 3.30. The van der Waals surface area contributed by atoms with Crippen molar-refractivity contribution in [3.05, 3.63) is 6.20 Å². The van der Waals surface area contributed by atoms with Crippen LogP contribution in [-0.4, -0.2) is 29.6 Å². The second-order valence-electron chi connectivity index (χ2n) is 3.03. The van der Waals surface area contributed by atoms with Gasteiger partial charge in [0.05, 0.1) is 11.9 Å². The van der Waals surface area contributed by atoms with E-state index in [1.807, 2.05) is 0 Å². The number of H-pyrrole nitrogens is 1. The average molecular weight is 187 g/mol. The number of sulfone groups is 1. The number of nitrogens with one attached hydrogen (secondary N) is 1. The van der Waals surface area contributed by atoms with E-state index in [9.17, 15) is 8.42 Å². The van der Waals surface area contributed by atoms with E-state index in [1.165, 1.54) is 6.20 Å². The molecule has 1 aromatic heterocycles. The molecule has 0 amide bonds. The first-order chi connectivity index (χ1) is 5.68. The quantitative estimate of drug-likeness (QED) is 0.722. The summed E-state index contributed by atoms with van der Waals surface area (Å²) in [5.74, 6) is 0.575. The second kappa shape index (κ2) is 2.55. The molecule has 12 heavy (non-hydrogen) atoms. The van der Waals surface area contributed by atoms with E-state index in [4.69, 9.17) is 0 Å². The molecule has 1 heterocycles. The molecule has 1 aliphatic carbocycles. The molecule has 0 spiro atoms. The molecule has 0 aromatic carbocycles. The fraction of sp³-hybridized carbons (Fsp3) is 0.667. The number of rotatable bonds is 3. The third kappa shape index (κ3) is 1.47. The lowest BCUT2D eigenvalue weighted by Gasteiger charge is -1.95. The summed E-state index contributed by atoms with van der Waals surface area (Å²) in [4.78, 5) is 0. The average Bonchev–Trinajstić information content (AvgIpc) is 2.67. The minimum absolute atomic E-state index is 0.0643. The zero-order chi connectivity index (χ0) is 8.60. The van der Waals surface area contributed by atoms with E-state index in [-0.39, 0.29) is 10.8 Å². The highest BCUT2D eigenvalue weighted by Gasteiger charge is 2.30. The minimum Gasteiger partial charge on any atom is -0.222 e. The van der Waals surface area contributed by atoms with E-state index in [1.54, 1.807) is 0 Å². The Bertz CT molecular complexity index is 352. The number of nitrogens with zero attached hydrogens (tertiary/aromatic N) is 2. The Hall–Kier alpha value is -0.910. The van der Waals surface area contributed by atoms with Crippen LogP contribution in [0.3, 0.4) is 0 Å². The third-order valence-electron chi connectivity index (χ3n) is 1.86. The van der Waals surface area contributed by atoms with Gasteiger partial charge < -0.3 is 0 Å². The molecule has 0 unspecified atom stereocenters. The smallest absolute Gasteiger partial charge is 0.199 e. The van der Waals surface area contributed by atoms with E-state index in [0.29, 0.717) is 5.92 Å². The normalized spacial score (nSPS) is 18.0.